The van der Waals surface area contributed by atoms with Crippen molar-refractivity contribution in [2.75, 3.05) is 12.8 Å². The van der Waals surface area contributed by atoms with E-state index in [0.717, 1.165) is 5.69 Å². The van der Waals surface area contributed by atoms with Gasteiger partial charge in [0, 0.05) is 0 Å². The van der Waals surface area contributed by atoms with Crippen molar-refractivity contribution in [3.8, 4) is 5.88 Å². The summed E-state index contributed by atoms with van der Waals surface area (Å²) in [5.41, 5.74) is 7.19. The topological polar surface area (TPSA) is 53.1 Å². The second kappa shape index (κ2) is 3.05. The Labute approximate surface area is 72.3 Å². The smallest absolute Gasteiger partial charge is 0.235 e. The van der Waals surface area contributed by atoms with Gasteiger partial charge in [0.2, 0.25) is 5.88 Å². The number of methoxy groups -OCH3 is 1. The van der Waals surface area contributed by atoms with E-state index in [4.69, 9.17) is 10.5 Å². The molecule has 4 heteroatoms. The van der Waals surface area contributed by atoms with E-state index < -0.39 is 0 Å². The van der Waals surface area contributed by atoms with Gasteiger partial charge in [-0.25, -0.2) is 4.68 Å². The first-order chi connectivity index (χ1) is 5.57. The normalized spacial score (nSPS) is 10.8. The van der Waals surface area contributed by atoms with Crippen LogP contribution in [0.2, 0.25) is 0 Å². The summed E-state index contributed by atoms with van der Waals surface area (Å²) in [6.45, 7) is 5.94. The summed E-state index contributed by atoms with van der Waals surface area (Å²) in [7, 11) is 1.60. The highest BCUT2D eigenvalue weighted by Crippen LogP contribution is 2.26. The third-order valence-electron chi connectivity index (χ3n) is 1.77. The highest BCUT2D eigenvalue weighted by Gasteiger charge is 2.14. The lowest BCUT2D eigenvalue weighted by atomic mass is 10.4. The second-order valence-corrected chi connectivity index (χ2v) is 3.05. The maximum atomic E-state index is 5.74. The predicted octanol–water partition coefficient (Wildman–Crippen LogP) is 1.36. The lowest BCUT2D eigenvalue weighted by molar-refractivity contribution is 0.347. The third-order valence-corrected chi connectivity index (χ3v) is 1.77. The van der Waals surface area contributed by atoms with Gasteiger partial charge in [-0.2, -0.15) is 5.10 Å². The number of hydrogen-bond donors (Lipinski definition) is 1. The average Bonchev–Trinajstić information content (AvgIpc) is 2.29. The Balaban J connectivity index is 3.20. The van der Waals surface area contributed by atoms with Crippen LogP contribution in [0.25, 0.3) is 0 Å². The van der Waals surface area contributed by atoms with Crippen LogP contribution < -0.4 is 10.5 Å². The summed E-state index contributed by atoms with van der Waals surface area (Å²) < 4.78 is 6.92. The number of anilines is 1. The number of hydrogen-bond acceptors (Lipinski definition) is 3. The van der Waals surface area contributed by atoms with E-state index in [-0.39, 0.29) is 6.04 Å². The molecule has 0 saturated heterocycles. The van der Waals surface area contributed by atoms with E-state index in [1.807, 2.05) is 20.8 Å². The Bertz CT molecular complexity index is 278. The zero-order chi connectivity index (χ0) is 9.30. The molecule has 0 spiro atoms. The molecule has 1 aromatic heterocycles. The van der Waals surface area contributed by atoms with E-state index in [0.29, 0.717) is 11.6 Å². The van der Waals surface area contributed by atoms with Crippen molar-refractivity contribution in [2.24, 2.45) is 0 Å². The Hall–Kier alpha value is -1.19. The summed E-state index contributed by atoms with van der Waals surface area (Å²) >= 11 is 0. The van der Waals surface area contributed by atoms with Crippen LogP contribution in [0.4, 0.5) is 5.69 Å². The van der Waals surface area contributed by atoms with Crippen LogP contribution in [0.15, 0.2) is 0 Å². The van der Waals surface area contributed by atoms with Gasteiger partial charge in [-0.15, -0.1) is 0 Å². The van der Waals surface area contributed by atoms with Crippen molar-refractivity contribution in [1.29, 1.82) is 0 Å². The molecule has 68 valence electrons. The van der Waals surface area contributed by atoms with Gasteiger partial charge in [-0.1, -0.05) is 0 Å². The summed E-state index contributed by atoms with van der Waals surface area (Å²) in [6, 6.07) is 0.274. The van der Waals surface area contributed by atoms with Crippen molar-refractivity contribution < 1.29 is 4.74 Å². The Kier molecular flexibility index (Phi) is 2.26. The Morgan fingerprint density at radius 2 is 2.08 bits per heavy atom. The van der Waals surface area contributed by atoms with Crippen LogP contribution >= 0.6 is 0 Å². The van der Waals surface area contributed by atoms with Crippen molar-refractivity contribution in [3.63, 3.8) is 0 Å². The minimum Gasteiger partial charge on any atom is -0.480 e. The van der Waals surface area contributed by atoms with Crippen molar-refractivity contribution in [2.45, 2.75) is 26.8 Å². The lowest BCUT2D eigenvalue weighted by Crippen LogP contribution is -2.05. The number of nitrogens with zero attached hydrogens (tertiary/aromatic N) is 2. The molecule has 0 bridgehead atoms. The molecule has 0 aliphatic carbocycles. The lowest BCUT2D eigenvalue weighted by Gasteiger charge is -2.09. The highest BCUT2D eigenvalue weighted by molar-refractivity contribution is 5.52. The van der Waals surface area contributed by atoms with Crippen LogP contribution in [-0.4, -0.2) is 16.9 Å². The maximum Gasteiger partial charge on any atom is 0.235 e. The molecule has 0 radical (unpaired) electrons. The van der Waals surface area contributed by atoms with E-state index in [2.05, 4.69) is 5.10 Å². The largest absolute Gasteiger partial charge is 0.480 e. The first-order valence-electron chi connectivity index (χ1n) is 3.96. The highest BCUT2D eigenvalue weighted by atomic mass is 16.5. The molecule has 0 saturated carbocycles. The van der Waals surface area contributed by atoms with Gasteiger partial charge >= 0.3 is 0 Å². The predicted molar refractivity (Wildman–Crippen MR) is 48.3 cm³/mol. The molecule has 0 aliphatic heterocycles. The van der Waals surface area contributed by atoms with Gasteiger partial charge in [0.05, 0.1) is 18.8 Å². The van der Waals surface area contributed by atoms with Crippen molar-refractivity contribution >= 4 is 5.69 Å². The van der Waals surface area contributed by atoms with Crippen LogP contribution in [0.1, 0.15) is 25.6 Å². The van der Waals surface area contributed by atoms with Crippen molar-refractivity contribution in [3.05, 3.63) is 5.69 Å². The van der Waals surface area contributed by atoms with Gasteiger partial charge in [0.15, 0.2) is 0 Å². The quantitative estimate of drug-likeness (QED) is 0.727. The fourth-order valence-electron chi connectivity index (χ4n) is 1.09. The average molecular weight is 169 g/mol. The number of nitrogens with two attached hydrogens (primary N) is 1. The van der Waals surface area contributed by atoms with E-state index in [9.17, 15) is 0 Å². The molecule has 4 nitrogen and oxygen atoms in total. The molecule has 1 heterocycles. The van der Waals surface area contributed by atoms with Crippen LogP contribution in [0.5, 0.6) is 5.88 Å². The maximum absolute atomic E-state index is 5.74. The number of rotatable bonds is 2. The zero-order valence-corrected chi connectivity index (χ0v) is 7.96. The summed E-state index contributed by atoms with van der Waals surface area (Å²) in [5, 5.41) is 4.25. The summed E-state index contributed by atoms with van der Waals surface area (Å²) in [5.74, 6) is 0.655. The van der Waals surface area contributed by atoms with Crippen LogP contribution in [-0.2, 0) is 0 Å². The fourth-order valence-corrected chi connectivity index (χ4v) is 1.09. The molecule has 0 fully saturated rings. The minimum atomic E-state index is 0.274. The third kappa shape index (κ3) is 1.24. The SMILES string of the molecule is COc1c(N)c(C)nn1C(C)C. The summed E-state index contributed by atoms with van der Waals surface area (Å²) in [6.07, 6.45) is 0. The standard InChI is InChI=1S/C8H15N3O/c1-5(2)11-8(12-4)7(9)6(3)10-11/h5H,9H2,1-4H3. The zero-order valence-electron chi connectivity index (χ0n) is 7.96. The van der Waals surface area contributed by atoms with Gasteiger partial charge in [-0.05, 0) is 20.8 Å². The van der Waals surface area contributed by atoms with E-state index in [1.54, 1.807) is 11.8 Å². The molecule has 2 N–H and O–H groups in total. The number of nitrogen functional groups attached to an aromatic ring is 1. The Morgan fingerprint density at radius 3 is 2.42 bits per heavy atom. The molecule has 0 aliphatic rings. The molecule has 12 heavy (non-hydrogen) atoms. The number of aryl methyl sites for hydroxylation is 1. The van der Waals surface area contributed by atoms with Gasteiger partial charge < -0.3 is 10.5 Å². The number of ether oxygens (including phenoxy) is 1. The molecule has 0 aromatic carbocycles. The summed E-state index contributed by atoms with van der Waals surface area (Å²) in [4.78, 5) is 0. The number of aromatic nitrogens is 2. The molecule has 0 amide bonds. The monoisotopic (exact) mass is 169 g/mol. The van der Waals surface area contributed by atoms with Crippen molar-refractivity contribution in [1.82, 2.24) is 9.78 Å². The molecule has 1 aromatic rings. The van der Waals surface area contributed by atoms with Gasteiger partial charge in [0.1, 0.15) is 5.69 Å². The van der Waals surface area contributed by atoms with Crippen LogP contribution in [0.3, 0.4) is 0 Å². The molecule has 0 atom stereocenters. The molecular weight excluding hydrogens is 154 g/mol. The molecular formula is C8H15N3O. The minimum absolute atomic E-state index is 0.274. The van der Waals surface area contributed by atoms with E-state index >= 15 is 0 Å². The first kappa shape index (κ1) is 8.90. The molecule has 0 unspecified atom stereocenters. The molecule has 1 rings (SSSR count). The fraction of sp³-hybridized carbons (Fsp3) is 0.625. The van der Waals surface area contributed by atoms with Crippen LogP contribution in [0, 0.1) is 6.92 Å². The second-order valence-electron chi connectivity index (χ2n) is 3.05. The van der Waals surface area contributed by atoms with Gasteiger partial charge in [0.25, 0.3) is 0 Å². The first-order valence-corrected chi connectivity index (χ1v) is 3.96. The Morgan fingerprint density at radius 1 is 1.50 bits per heavy atom. The van der Waals surface area contributed by atoms with Gasteiger partial charge in [-0.3, -0.25) is 0 Å². The van der Waals surface area contributed by atoms with E-state index in [1.165, 1.54) is 0 Å².